The molecule has 0 bridgehead atoms. The first-order chi connectivity index (χ1) is 21.9. The van der Waals surface area contributed by atoms with Crippen LogP contribution in [0.2, 0.25) is 5.02 Å². The van der Waals surface area contributed by atoms with E-state index in [1.165, 1.54) is 6.33 Å². The number of nitrogens with zero attached hydrogens (tertiary/aromatic N) is 9. The number of hydrogen-bond acceptors (Lipinski definition) is 11. The first-order valence-electron chi connectivity index (χ1n) is 15.0. The number of aromatic nitrogens is 8. The summed E-state index contributed by atoms with van der Waals surface area (Å²) in [4.78, 5) is 11.4. The average Bonchev–Trinajstić information content (AvgIpc) is 3.72. The van der Waals surface area contributed by atoms with Gasteiger partial charge in [-0.1, -0.05) is 17.7 Å². The Kier molecular flexibility index (Phi) is 9.96. The predicted molar refractivity (Wildman–Crippen MR) is 161 cm³/mol. The molecule has 16 heteroatoms. The molecule has 1 saturated carbocycles. The normalized spacial score (nSPS) is 19.8. The highest BCUT2D eigenvalue weighted by Crippen LogP contribution is 2.35. The number of nitrogens with one attached hydrogen (secondary N) is 1. The summed E-state index contributed by atoms with van der Waals surface area (Å²) in [5.41, 5.74) is 1.96. The van der Waals surface area contributed by atoms with Crippen molar-refractivity contribution in [3.05, 3.63) is 48.1 Å². The third-order valence-corrected chi connectivity index (χ3v) is 8.29. The molecule has 4 aromatic rings. The number of anilines is 2. The summed E-state index contributed by atoms with van der Waals surface area (Å²) in [5.74, 6) is 0.870. The fourth-order valence-electron chi connectivity index (χ4n) is 5.74. The van der Waals surface area contributed by atoms with Crippen LogP contribution >= 0.6 is 11.6 Å². The molecule has 1 unspecified atom stereocenters. The summed E-state index contributed by atoms with van der Waals surface area (Å²) in [6.07, 6.45) is 7.70. The quantitative estimate of drug-likeness (QED) is 0.231. The van der Waals surface area contributed by atoms with Crippen LogP contribution in [0.25, 0.3) is 11.1 Å². The van der Waals surface area contributed by atoms with Gasteiger partial charge in [0.05, 0.1) is 37.0 Å². The predicted octanol–water partition coefficient (Wildman–Crippen LogP) is 4.65. The molecule has 2 fully saturated rings. The molecule has 13 nitrogen and oxygen atoms in total. The van der Waals surface area contributed by atoms with Crippen molar-refractivity contribution in [3.63, 3.8) is 0 Å². The molecule has 6 rings (SSSR count). The monoisotopic (exact) mass is 644 g/mol. The Morgan fingerprint density at radius 3 is 2.53 bits per heavy atom. The molecule has 2 aliphatic rings. The van der Waals surface area contributed by atoms with Crippen LogP contribution in [0.3, 0.4) is 0 Å². The zero-order valence-corrected chi connectivity index (χ0v) is 25.6. The maximum absolute atomic E-state index is 13.0. The van der Waals surface area contributed by atoms with Crippen LogP contribution in [-0.2, 0) is 11.3 Å². The van der Waals surface area contributed by atoms with Gasteiger partial charge in [-0.05, 0) is 60.7 Å². The van der Waals surface area contributed by atoms with E-state index < -0.39 is 13.0 Å². The highest BCUT2D eigenvalue weighted by Gasteiger charge is 2.29. The molecular formula is C29H35ClF2N10O3. The van der Waals surface area contributed by atoms with Gasteiger partial charge in [-0.3, -0.25) is 9.58 Å². The number of benzene rings is 1. The Hall–Kier alpha value is -3.95. The van der Waals surface area contributed by atoms with Crippen molar-refractivity contribution < 1.29 is 23.0 Å². The largest absolute Gasteiger partial charge is 0.487 e. The zero-order chi connectivity index (χ0) is 31.2. The van der Waals surface area contributed by atoms with Crippen LogP contribution in [0.1, 0.15) is 38.6 Å². The number of halogens is 3. The first-order valence-corrected chi connectivity index (χ1v) is 15.4. The van der Waals surface area contributed by atoms with Gasteiger partial charge < -0.3 is 19.5 Å². The molecule has 3 aromatic heterocycles. The maximum atomic E-state index is 13.0. The molecule has 1 aliphatic heterocycles. The summed E-state index contributed by atoms with van der Waals surface area (Å²) in [5, 5.41) is 19.2. The summed E-state index contributed by atoms with van der Waals surface area (Å²) in [6, 6.07) is 6.09. The third kappa shape index (κ3) is 8.02. The van der Waals surface area contributed by atoms with Crippen molar-refractivity contribution in [2.24, 2.45) is 0 Å². The van der Waals surface area contributed by atoms with E-state index >= 15 is 0 Å². The number of hydrogen-bond donors (Lipinski definition) is 1. The molecule has 1 atom stereocenters. The molecule has 1 aliphatic carbocycles. The van der Waals surface area contributed by atoms with E-state index in [4.69, 9.17) is 25.8 Å². The Balaban J connectivity index is 1.12. The third-order valence-electron chi connectivity index (χ3n) is 7.97. The molecule has 1 aromatic carbocycles. The van der Waals surface area contributed by atoms with Crippen molar-refractivity contribution >= 4 is 23.2 Å². The lowest BCUT2D eigenvalue weighted by Crippen LogP contribution is -2.45. The molecule has 45 heavy (non-hydrogen) atoms. The van der Waals surface area contributed by atoms with Crippen LogP contribution in [0.4, 0.5) is 20.4 Å². The van der Waals surface area contributed by atoms with E-state index in [1.807, 2.05) is 23.7 Å². The molecule has 240 valence electrons. The first kappa shape index (κ1) is 31.0. The van der Waals surface area contributed by atoms with Gasteiger partial charge >= 0.3 is 0 Å². The topological polar surface area (TPSA) is 130 Å². The minimum absolute atomic E-state index is 0.0913. The molecule has 0 radical (unpaired) electrons. The lowest BCUT2D eigenvalue weighted by molar-refractivity contribution is 0.00500. The number of ether oxygens (including phenoxy) is 3. The van der Waals surface area contributed by atoms with Crippen molar-refractivity contribution in [2.75, 3.05) is 38.2 Å². The van der Waals surface area contributed by atoms with Gasteiger partial charge in [0.15, 0.2) is 6.61 Å². The van der Waals surface area contributed by atoms with Crippen LogP contribution < -0.4 is 14.8 Å². The molecule has 1 N–H and O–H groups in total. The zero-order valence-electron chi connectivity index (χ0n) is 24.8. The van der Waals surface area contributed by atoms with Crippen molar-refractivity contribution in [3.8, 4) is 22.8 Å². The Labute approximate surface area is 263 Å². The number of tetrazole rings is 1. The summed E-state index contributed by atoms with van der Waals surface area (Å²) >= 11 is 6.40. The molecular weight excluding hydrogens is 610 g/mol. The van der Waals surface area contributed by atoms with Crippen molar-refractivity contribution in [1.82, 2.24) is 44.9 Å². The number of alkyl halides is 2. The summed E-state index contributed by atoms with van der Waals surface area (Å²) in [7, 11) is 0. The molecule has 4 heterocycles. The Morgan fingerprint density at radius 1 is 1.07 bits per heavy atom. The second-order valence-electron chi connectivity index (χ2n) is 11.2. The highest BCUT2D eigenvalue weighted by molar-refractivity contribution is 6.32. The average molecular weight is 645 g/mol. The maximum Gasteiger partial charge on any atom is 0.272 e. The second kappa shape index (κ2) is 14.4. The lowest BCUT2D eigenvalue weighted by atomic mass is 9.90. The Bertz CT molecular complexity index is 1510. The van der Waals surface area contributed by atoms with E-state index in [0.29, 0.717) is 29.0 Å². The molecule has 0 amide bonds. The van der Waals surface area contributed by atoms with Gasteiger partial charge in [0.2, 0.25) is 5.95 Å². The smallest absolute Gasteiger partial charge is 0.272 e. The van der Waals surface area contributed by atoms with E-state index in [-0.39, 0.29) is 24.0 Å². The minimum atomic E-state index is -2.63. The van der Waals surface area contributed by atoms with Gasteiger partial charge in [-0.2, -0.15) is 0 Å². The SMILES string of the molecule is CC(Cn1cnnn1)Oc1cc(-c2cnc(Nc3cn([C@H]4CC[C@H](N5CCOCC5)CC4)nc3OCC(F)F)nc2)ccc1Cl. The van der Waals surface area contributed by atoms with Gasteiger partial charge in [-0.25, -0.2) is 23.4 Å². The van der Waals surface area contributed by atoms with Crippen LogP contribution in [0.5, 0.6) is 11.6 Å². The fraction of sp³-hybridized carbons (Fsp3) is 0.517. The number of morpholine rings is 1. The van der Waals surface area contributed by atoms with E-state index in [2.05, 4.69) is 40.8 Å². The van der Waals surface area contributed by atoms with Gasteiger partial charge in [-0.15, -0.1) is 10.2 Å². The Morgan fingerprint density at radius 2 is 1.82 bits per heavy atom. The summed E-state index contributed by atoms with van der Waals surface area (Å²) < 4.78 is 46.4. The van der Waals surface area contributed by atoms with E-state index in [9.17, 15) is 8.78 Å². The van der Waals surface area contributed by atoms with Crippen LogP contribution in [0.15, 0.2) is 43.1 Å². The van der Waals surface area contributed by atoms with Gasteiger partial charge in [0.1, 0.15) is 23.9 Å². The van der Waals surface area contributed by atoms with Gasteiger partial charge in [0, 0.05) is 37.1 Å². The van der Waals surface area contributed by atoms with Gasteiger partial charge in [0.25, 0.3) is 12.3 Å². The van der Waals surface area contributed by atoms with Crippen LogP contribution in [-0.4, -0.2) is 96.3 Å². The van der Waals surface area contributed by atoms with Crippen molar-refractivity contribution in [1.29, 1.82) is 0 Å². The van der Waals surface area contributed by atoms with Crippen molar-refractivity contribution in [2.45, 2.75) is 63.8 Å². The lowest BCUT2D eigenvalue weighted by Gasteiger charge is -2.38. The molecule has 0 spiro atoms. The number of rotatable bonds is 12. The fourth-order valence-corrected chi connectivity index (χ4v) is 5.91. The van der Waals surface area contributed by atoms with Crippen LogP contribution in [0, 0.1) is 0 Å². The highest BCUT2D eigenvalue weighted by atomic mass is 35.5. The van der Waals surface area contributed by atoms with E-state index in [0.717, 1.165) is 63.1 Å². The summed E-state index contributed by atoms with van der Waals surface area (Å²) in [6.45, 7) is 5.07. The molecule has 1 saturated heterocycles. The standard InChI is InChI=1S/C29H35ClF2N10O3/c1-19(15-41-18-35-38-39-41)45-26-12-20(2-7-24(26)30)21-13-33-29(34-14-21)36-25-16-42(37-28(25)44-17-27(31)32)23-5-3-22(4-6-23)40-8-10-43-11-9-40/h2,7,12-14,16,18-19,22-23,27H,3-6,8-11,15,17H2,1H3,(H,33,34,36)/t19?,22-,23-. The second-order valence-corrected chi connectivity index (χ2v) is 11.6. The van der Waals surface area contributed by atoms with E-state index in [1.54, 1.807) is 29.3 Å². The minimum Gasteiger partial charge on any atom is -0.487 e.